The predicted octanol–water partition coefficient (Wildman–Crippen LogP) is 3.69. The second kappa shape index (κ2) is 8.88. The number of nitrogens with zero attached hydrogens (tertiary/aromatic N) is 1. The fourth-order valence-corrected chi connectivity index (χ4v) is 5.57. The number of amides is 1. The summed E-state index contributed by atoms with van der Waals surface area (Å²) in [6.07, 6.45) is 0.481. The maximum Gasteiger partial charge on any atom is 0.223 e. The molecule has 0 radical (unpaired) electrons. The minimum Gasteiger partial charge on any atom is -0.342 e. The molecule has 3 rings (SSSR count). The molecule has 2 aromatic carbocycles. The Bertz CT molecular complexity index is 959. The van der Waals surface area contributed by atoms with Crippen molar-refractivity contribution >= 4 is 33.1 Å². The van der Waals surface area contributed by atoms with Gasteiger partial charge in [0.1, 0.15) is 0 Å². The van der Waals surface area contributed by atoms with Gasteiger partial charge in [0, 0.05) is 36.5 Å². The lowest BCUT2D eigenvalue weighted by Gasteiger charge is -2.20. The Morgan fingerprint density at radius 2 is 1.64 bits per heavy atom. The van der Waals surface area contributed by atoms with Crippen LogP contribution in [-0.4, -0.2) is 43.9 Å². The molecule has 0 aromatic heterocycles. The van der Waals surface area contributed by atoms with Gasteiger partial charge in [-0.05, 0) is 18.1 Å². The molecule has 28 heavy (non-hydrogen) atoms. The van der Waals surface area contributed by atoms with Crippen molar-refractivity contribution in [3.05, 3.63) is 70.7 Å². The molecule has 0 unspecified atom stereocenters. The van der Waals surface area contributed by atoms with Crippen molar-refractivity contribution in [1.82, 2.24) is 4.90 Å². The average Bonchev–Trinajstić information content (AvgIpc) is 2.85. The largest absolute Gasteiger partial charge is 0.342 e. The van der Waals surface area contributed by atoms with Gasteiger partial charge in [-0.2, -0.15) is 0 Å². The first-order chi connectivity index (χ1) is 13.4. The van der Waals surface area contributed by atoms with Crippen molar-refractivity contribution in [2.45, 2.75) is 24.5 Å². The van der Waals surface area contributed by atoms with Crippen LogP contribution in [0.5, 0.6) is 0 Å². The van der Waals surface area contributed by atoms with Crippen LogP contribution in [0.2, 0.25) is 5.02 Å². The number of carbonyl (C=O) groups is 2. The molecule has 148 valence electrons. The Hall–Kier alpha value is -2.18. The zero-order chi connectivity index (χ0) is 20.1. The van der Waals surface area contributed by atoms with E-state index < -0.39 is 15.1 Å². The van der Waals surface area contributed by atoms with E-state index in [1.807, 2.05) is 6.07 Å². The molecular weight excluding hydrogens is 398 g/mol. The first kappa shape index (κ1) is 20.6. The standard InChI is InChI=1S/C21H22ClNO4S/c22-18-9-5-4-8-17(18)20-12-13-23(14-15-28(20,26)27)21(25)11-10-19(24)16-6-2-1-3-7-16/h1-9,20H,10-15H2/t20-/m0/s1. The van der Waals surface area contributed by atoms with Gasteiger partial charge in [-0.25, -0.2) is 8.42 Å². The lowest BCUT2D eigenvalue weighted by Crippen LogP contribution is -2.33. The molecular formula is C21H22ClNO4S. The normalized spacial score (nSPS) is 19.0. The lowest BCUT2D eigenvalue weighted by atomic mass is 10.1. The minimum absolute atomic E-state index is 0.0739. The van der Waals surface area contributed by atoms with Crippen LogP contribution in [0.25, 0.3) is 0 Å². The third-order valence-electron chi connectivity index (χ3n) is 5.01. The summed E-state index contributed by atoms with van der Waals surface area (Å²) < 4.78 is 25.4. The molecule has 0 saturated carbocycles. The minimum atomic E-state index is -3.42. The van der Waals surface area contributed by atoms with Gasteiger partial charge in [-0.3, -0.25) is 9.59 Å². The average molecular weight is 420 g/mol. The van der Waals surface area contributed by atoms with Gasteiger partial charge >= 0.3 is 0 Å². The summed E-state index contributed by atoms with van der Waals surface area (Å²) in [5, 5.41) is -0.297. The second-order valence-corrected chi connectivity index (χ2v) is 9.55. The van der Waals surface area contributed by atoms with Crippen LogP contribution in [0, 0.1) is 0 Å². The predicted molar refractivity (Wildman–Crippen MR) is 109 cm³/mol. The summed E-state index contributed by atoms with van der Waals surface area (Å²) >= 11 is 6.20. The Labute approximate surface area is 170 Å². The highest BCUT2D eigenvalue weighted by Crippen LogP contribution is 2.33. The number of benzene rings is 2. The molecule has 1 aliphatic heterocycles. The van der Waals surface area contributed by atoms with Gasteiger partial charge in [0.15, 0.2) is 15.6 Å². The SMILES string of the molecule is O=C(CCC(=O)N1CC[C@@H](c2ccccc2Cl)S(=O)(=O)CC1)c1ccccc1. The summed E-state index contributed by atoms with van der Waals surface area (Å²) in [6.45, 7) is 0.467. The molecule has 7 heteroatoms. The van der Waals surface area contributed by atoms with Crippen molar-refractivity contribution in [1.29, 1.82) is 0 Å². The van der Waals surface area contributed by atoms with Crippen LogP contribution in [0.3, 0.4) is 0 Å². The Morgan fingerprint density at radius 1 is 0.964 bits per heavy atom. The molecule has 0 N–H and O–H groups in total. The van der Waals surface area contributed by atoms with E-state index >= 15 is 0 Å². The van der Waals surface area contributed by atoms with Crippen LogP contribution >= 0.6 is 11.6 Å². The molecule has 0 aliphatic carbocycles. The van der Waals surface area contributed by atoms with Crippen LogP contribution in [0.1, 0.15) is 40.4 Å². The third-order valence-corrected chi connectivity index (χ3v) is 7.46. The first-order valence-electron chi connectivity index (χ1n) is 9.20. The number of Topliss-reactive ketones (excluding diaryl/α,β-unsaturated/α-hetero) is 1. The Morgan fingerprint density at radius 3 is 2.36 bits per heavy atom. The summed E-state index contributed by atoms with van der Waals surface area (Å²) in [6, 6.07) is 15.8. The quantitative estimate of drug-likeness (QED) is 0.693. The Kier molecular flexibility index (Phi) is 6.52. The van der Waals surface area contributed by atoms with Crippen molar-refractivity contribution in [3.8, 4) is 0 Å². The van der Waals surface area contributed by atoms with Crippen molar-refractivity contribution in [2.75, 3.05) is 18.8 Å². The number of rotatable bonds is 5. The van der Waals surface area contributed by atoms with Crippen molar-refractivity contribution in [3.63, 3.8) is 0 Å². The molecule has 1 amide bonds. The number of carbonyl (C=O) groups excluding carboxylic acids is 2. The fraction of sp³-hybridized carbons (Fsp3) is 0.333. The maximum atomic E-state index is 12.7. The maximum absolute atomic E-state index is 12.7. The summed E-state index contributed by atoms with van der Waals surface area (Å²) in [5.41, 5.74) is 1.16. The first-order valence-corrected chi connectivity index (χ1v) is 11.3. The van der Waals surface area contributed by atoms with Gasteiger partial charge in [0.2, 0.25) is 5.91 Å². The molecule has 0 bridgehead atoms. The number of sulfone groups is 1. The molecule has 5 nitrogen and oxygen atoms in total. The lowest BCUT2D eigenvalue weighted by molar-refractivity contribution is -0.130. The molecule has 1 heterocycles. The van der Waals surface area contributed by atoms with E-state index in [1.54, 1.807) is 53.4 Å². The number of halogens is 1. The topological polar surface area (TPSA) is 71.5 Å². The van der Waals surface area contributed by atoms with Gasteiger partial charge < -0.3 is 4.90 Å². The van der Waals surface area contributed by atoms with Crippen LogP contribution in [0.15, 0.2) is 54.6 Å². The van der Waals surface area contributed by atoms with Gasteiger partial charge in [-0.15, -0.1) is 0 Å². The van der Waals surface area contributed by atoms with Crippen molar-refractivity contribution in [2.24, 2.45) is 0 Å². The van der Waals surface area contributed by atoms with E-state index in [9.17, 15) is 18.0 Å². The van der Waals surface area contributed by atoms with Crippen molar-refractivity contribution < 1.29 is 18.0 Å². The van der Waals surface area contributed by atoms with E-state index in [2.05, 4.69) is 0 Å². The summed E-state index contributed by atoms with van der Waals surface area (Å²) in [5.74, 6) is -0.397. The molecule has 1 aliphatic rings. The van der Waals surface area contributed by atoms with Gasteiger partial charge in [-0.1, -0.05) is 60.1 Å². The van der Waals surface area contributed by atoms with E-state index in [0.29, 0.717) is 29.1 Å². The molecule has 2 aromatic rings. The fourth-order valence-electron chi connectivity index (χ4n) is 3.43. The van der Waals surface area contributed by atoms with Crippen LogP contribution < -0.4 is 0 Å². The number of hydrogen-bond donors (Lipinski definition) is 0. The van der Waals surface area contributed by atoms with E-state index in [1.165, 1.54) is 0 Å². The van der Waals surface area contributed by atoms with E-state index in [0.717, 1.165) is 0 Å². The molecule has 1 fully saturated rings. The monoisotopic (exact) mass is 419 g/mol. The van der Waals surface area contributed by atoms with Gasteiger partial charge in [0.25, 0.3) is 0 Å². The summed E-state index contributed by atoms with van der Waals surface area (Å²) in [4.78, 5) is 26.3. The Balaban J connectivity index is 1.64. The summed E-state index contributed by atoms with van der Waals surface area (Å²) in [7, 11) is -3.42. The number of hydrogen-bond acceptors (Lipinski definition) is 4. The highest BCUT2D eigenvalue weighted by molar-refractivity contribution is 7.91. The zero-order valence-electron chi connectivity index (χ0n) is 15.4. The van der Waals surface area contributed by atoms with Crippen LogP contribution in [-0.2, 0) is 14.6 Å². The van der Waals surface area contributed by atoms with Gasteiger partial charge in [0.05, 0.1) is 11.0 Å². The van der Waals surface area contributed by atoms with Crippen LogP contribution in [0.4, 0.5) is 0 Å². The third kappa shape index (κ3) is 4.80. The molecule has 0 spiro atoms. The number of ketones is 1. The highest BCUT2D eigenvalue weighted by atomic mass is 35.5. The molecule has 1 saturated heterocycles. The highest BCUT2D eigenvalue weighted by Gasteiger charge is 2.33. The second-order valence-electron chi connectivity index (χ2n) is 6.84. The zero-order valence-corrected chi connectivity index (χ0v) is 17.0. The smallest absolute Gasteiger partial charge is 0.223 e. The van der Waals surface area contributed by atoms with E-state index in [-0.39, 0.29) is 36.8 Å². The molecule has 1 atom stereocenters. The van der Waals surface area contributed by atoms with E-state index in [4.69, 9.17) is 11.6 Å².